The van der Waals surface area contributed by atoms with Crippen LogP contribution in [0.2, 0.25) is 5.02 Å². The van der Waals surface area contributed by atoms with E-state index in [1.165, 1.54) is 36.5 Å². The monoisotopic (exact) mass is 445 g/mol. The van der Waals surface area contributed by atoms with Crippen LogP contribution in [0.15, 0.2) is 60.8 Å². The lowest BCUT2D eigenvalue weighted by Crippen LogP contribution is -2.23. The molecule has 0 atom stereocenters. The number of benzene rings is 2. The van der Waals surface area contributed by atoms with Crippen LogP contribution in [0.3, 0.4) is 0 Å². The van der Waals surface area contributed by atoms with E-state index in [0.717, 1.165) is 0 Å². The normalized spacial score (nSPS) is 10.9. The van der Waals surface area contributed by atoms with E-state index in [4.69, 9.17) is 16.9 Å². The van der Waals surface area contributed by atoms with Gasteiger partial charge in [0, 0.05) is 35.4 Å². The molecule has 0 aliphatic rings. The molecule has 2 aromatic carbocycles. The molecule has 5 nitrogen and oxygen atoms in total. The number of ether oxygens (including phenoxy) is 1. The van der Waals surface area contributed by atoms with Crippen molar-refractivity contribution in [3.8, 4) is 11.8 Å². The Kier molecular flexibility index (Phi) is 6.78. The van der Waals surface area contributed by atoms with Crippen molar-refractivity contribution >= 4 is 17.5 Å². The molecular formula is C22H15ClF3N3O2. The molecule has 0 aliphatic heterocycles. The van der Waals surface area contributed by atoms with Crippen LogP contribution in [0.4, 0.5) is 13.2 Å². The summed E-state index contributed by atoms with van der Waals surface area (Å²) in [5.41, 5.74) is 2.77. The third-order valence-corrected chi connectivity index (χ3v) is 4.59. The molecule has 158 valence electrons. The molecule has 3 aromatic rings. The summed E-state index contributed by atoms with van der Waals surface area (Å²) in [6.07, 6.45) is -2.93. The van der Waals surface area contributed by atoms with Gasteiger partial charge in [-0.05, 0) is 47.5 Å². The third kappa shape index (κ3) is 6.46. The summed E-state index contributed by atoms with van der Waals surface area (Å²) in [4.78, 5) is 16.7. The number of nitrogens with zero attached hydrogens (tertiary/aromatic N) is 2. The summed E-state index contributed by atoms with van der Waals surface area (Å²) in [5.74, 6) is -0.642. The number of pyridine rings is 1. The molecular weight excluding hydrogens is 431 g/mol. The fourth-order valence-corrected chi connectivity index (χ4v) is 3.02. The number of carbonyl (C=O) groups excluding carboxylic acids is 1. The summed E-state index contributed by atoms with van der Waals surface area (Å²) in [7, 11) is 0. The maximum Gasteiger partial charge on any atom is 0.573 e. The minimum absolute atomic E-state index is 0.182. The first-order valence-corrected chi connectivity index (χ1v) is 9.37. The van der Waals surface area contributed by atoms with Crippen molar-refractivity contribution in [2.24, 2.45) is 0 Å². The second kappa shape index (κ2) is 9.49. The Bertz CT molecular complexity index is 1130. The minimum Gasteiger partial charge on any atom is -0.406 e. The topological polar surface area (TPSA) is 75.0 Å². The lowest BCUT2D eigenvalue weighted by molar-refractivity contribution is -0.274. The Hall–Kier alpha value is -3.57. The first kappa shape index (κ1) is 22.1. The molecule has 0 saturated heterocycles. The highest BCUT2D eigenvalue weighted by molar-refractivity contribution is 6.31. The van der Waals surface area contributed by atoms with Crippen molar-refractivity contribution in [1.29, 1.82) is 5.26 Å². The summed E-state index contributed by atoms with van der Waals surface area (Å²) < 4.78 is 40.6. The van der Waals surface area contributed by atoms with E-state index < -0.39 is 6.36 Å². The standard InChI is InChI=1S/C22H15ClF3N3O2/c23-20-10-15(12-27)1-4-17(20)13-29-21(30)16-7-8-28-18(11-16)9-14-2-5-19(6-3-14)31-22(24,25)26/h1-8,10-11H,9,13H2,(H,29,30). The van der Waals surface area contributed by atoms with Gasteiger partial charge < -0.3 is 10.1 Å². The molecule has 0 fully saturated rings. The van der Waals surface area contributed by atoms with E-state index in [1.807, 2.05) is 6.07 Å². The maximum atomic E-state index is 12.5. The van der Waals surface area contributed by atoms with E-state index in [0.29, 0.717) is 39.4 Å². The number of aromatic nitrogens is 1. The van der Waals surface area contributed by atoms with Crippen molar-refractivity contribution in [3.05, 3.63) is 93.8 Å². The van der Waals surface area contributed by atoms with Gasteiger partial charge in [-0.1, -0.05) is 29.8 Å². The molecule has 0 bridgehead atoms. The Balaban J connectivity index is 1.63. The zero-order valence-electron chi connectivity index (χ0n) is 15.9. The Morgan fingerprint density at radius 3 is 2.52 bits per heavy atom. The zero-order chi connectivity index (χ0) is 22.4. The molecule has 0 saturated carbocycles. The van der Waals surface area contributed by atoms with E-state index in [1.54, 1.807) is 24.3 Å². The molecule has 0 spiro atoms. The summed E-state index contributed by atoms with van der Waals surface area (Å²) in [6, 6.07) is 15.4. The SMILES string of the molecule is N#Cc1ccc(CNC(=O)c2ccnc(Cc3ccc(OC(F)(F)F)cc3)c2)c(Cl)c1. The number of carbonyl (C=O) groups is 1. The van der Waals surface area contributed by atoms with Gasteiger partial charge in [0.2, 0.25) is 0 Å². The average molecular weight is 446 g/mol. The minimum atomic E-state index is -4.74. The summed E-state index contributed by atoms with van der Waals surface area (Å²) in [6.45, 7) is 0.182. The second-order valence-electron chi connectivity index (χ2n) is 6.51. The number of alkyl halides is 3. The van der Waals surface area contributed by atoms with E-state index in [2.05, 4.69) is 15.0 Å². The number of nitrogens with one attached hydrogen (secondary N) is 1. The molecule has 0 aliphatic carbocycles. The fourth-order valence-electron chi connectivity index (χ4n) is 2.77. The van der Waals surface area contributed by atoms with Crippen molar-refractivity contribution in [3.63, 3.8) is 0 Å². The first-order valence-electron chi connectivity index (χ1n) is 9.00. The Labute approximate surface area is 181 Å². The van der Waals surface area contributed by atoms with Crippen LogP contribution in [-0.4, -0.2) is 17.3 Å². The molecule has 1 aromatic heterocycles. The van der Waals surface area contributed by atoms with Crippen LogP contribution < -0.4 is 10.1 Å². The van der Waals surface area contributed by atoms with Crippen LogP contribution in [0.1, 0.15) is 32.7 Å². The van der Waals surface area contributed by atoms with Crippen molar-refractivity contribution in [2.45, 2.75) is 19.3 Å². The van der Waals surface area contributed by atoms with E-state index in [9.17, 15) is 18.0 Å². The molecule has 0 unspecified atom stereocenters. The molecule has 9 heteroatoms. The van der Waals surface area contributed by atoms with E-state index in [-0.39, 0.29) is 18.2 Å². The highest BCUT2D eigenvalue weighted by Gasteiger charge is 2.30. The Morgan fingerprint density at radius 1 is 1.13 bits per heavy atom. The van der Waals surface area contributed by atoms with Crippen LogP contribution in [0.25, 0.3) is 0 Å². The number of halogens is 4. The van der Waals surface area contributed by atoms with Crippen LogP contribution in [0.5, 0.6) is 5.75 Å². The molecule has 1 N–H and O–H groups in total. The zero-order valence-corrected chi connectivity index (χ0v) is 16.7. The molecule has 1 amide bonds. The lowest BCUT2D eigenvalue weighted by atomic mass is 10.1. The number of nitriles is 1. The second-order valence-corrected chi connectivity index (χ2v) is 6.91. The van der Waals surface area contributed by atoms with Crippen molar-refractivity contribution in [2.75, 3.05) is 0 Å². The smallest absolute Gasteiger partial charge is 0.406 e. The van der Waals surface area contributed by atoms with Gasteiger partial charge in [0.05, 0.1) is 11.6 Å². The van der Waals surface area contributed by atoms with Gasteiger partial charge in [0.15, 0.2) is 0 Å². The number of hydrogen-bond acceptors (Lipinski definition) is 4. The molecule has 0 radical (unpaired) electrons. The molecule has 3 rings (SSSR count). The van der Waals surface area contributed by atoms with Gasteiger partial charge in [-0.25, -0.2) is 0 Å². The fraction of sp³-hybridized carbons (Fsp3) is 0.136. The number of rotatable bonds is 6. The van der Waals surface area contributed by atoms with Gasteiger partial charge in [0.1, 0.15) is 5.75 Å². The number of hydrogen-bond donors (Lipinski definition) is 1. The van der Waals surface area contributed by atoms with Gasteiger partial charge in [0.25, 0.3) is 5.91 Å². The quantitative estimate of drug-likeness (QED) is 0.577. The van der Waals surface area contributed by atoms with Crippen molar-refractivity contribution < 1.29 is 22.7 Å². The van der Waals surface area contributed by atoms with Gasteiger partial charge in [-0.2, -0.15) is 5.26 Å². The van der Waals surface area contributed by atoms with Crippen LogP contribution >= 0.6 is 11.6 Å². The molecule has 1 heterocycles. The van der Waals surface area contributed by atoms with Crippen molar-refractivity contribution in [1.82, 2.24) is 10.3 Å². The largest absolute Gasteiger partial charge is 0.573 e. The average Bonchev–Trinajstić information content (AvgIpc) is 2.73. The summed E-state index contributed by atoms with van der Waals surface area (Å²) >= 11 is 6.12. The van der Waals surface area contributed by atoms with Gasteiger partial charge in [-0.15, -0.1) is 13.2 Å². The van der Waals surface area contributed by atoms with Gasteiger partial charge in [-0.3, -0.25) is 9.78 Å². The number of amides is 1. The lowest BCUT2D eigenvalue weighted by Gasteiger charge is -2.10. The predicted molar refractivity (Wildman–Crippen MR) is 108 cm³/mol. The van der Waals surface area contributed by atoms with E-state index >= 15 is 0 Å². The van der Waals surface area contributed by atoms with Gasteiger partial charge >= 0.3 is 6.36 Å². The highest BCUT2D eigenvalue weighted by atomic mass is 35.5. The Morgan fingerprint density at radius 2 is 1.87 bits per heavy atom. The molecule has 31 heavy (non-hydrogen) atoms. The van der Waals surface area contributed by atoms with Crippen LogP contribution in [0, 0.1) is 11.3 Å². The first-order chi connectivity index (χ1) is 14.7. The predicted octanol–water partition coefficient (Wildman–Crippen LogP) is 5.03. The van der Waals surface area contributed by atoms with Crippen LogP contribution in [-0.2, 0) is 13.0 Å². The highest BCUT2D eigenvalue weighted by Crippen LogP contribution is 2.23. The maximum absolute atomic E-state index is 12.5. The summed E-state index contributed by atoms with van der Waals surface area (Å²) in [5, 5.41) is 12.0. The third-order valence-electron chi connectivity index (χ3n) is 4.24.